The number of carbonyl (C=O) groups is 1. The Kier molecular flexibility index (Phi) is 6.60. The molecule has 4 rings (SSSR count). The van der Waals surface area contributed by atoms with Gasteiger partial charge in [-0.1, -0.05) is 48.5 Å². The van der Waals surface area contributed by atoms with Crippen molar-refractivity contribution in [2.45, 2.75) is 50.3 Å². The lowest BCUT2D eigenvalue weighted by Gasteiger charge is -2.56. The van der Waals surface area contributed by atoms with Crippen LogP contribution in [0.2, 0.25) is 0 Å². The van der Waals surface area contributed by atoms with E-state index in [1.54, 1.807) is 12.1 Å². The van der Waals surface area contributed by atoms with E-state index in [9.17, 15) is 18.7 Å². The molecule has 2 aromatic rings. The van der Waals surface area contributed by atoms with Crippen LogP contribution in [0.5, 0.6) is 0 Å². The quantitative estimate of drug-likeness (QED) is 0.654. The van der Waals surface area contributed by atoms with E-state index in [1.165, 1.54) is 6.07 Å². The number of amides is 1. The minimum Gasteiger partial charge on any atom is -0.394 e. The third-order valence-electron chi connectivity index (χ3n) is 6.89. The van der Waals surface area contributed by atoms with Crippen molar-refractivity contribution in [1.82, 2.24) is 10.2 Å². The minimum absolute atomic E-state index is 0.110. The van der Waals surface area contributed by atoms with Crippen LogP contribution >= 0.6 is 0 Å². The first-order valence-electron chi connectivity index (χ1n) is 11.0. The van der Waals surface area contributed by atoms with Crippen molar-refractivity contribution < 1.29 is 23.4 Å². The number of nitrogens with one attached hydrogen (secondary N) is 1. The summed E-state index contributed by atoms with van der Waals surface area (Å²) >= 11 is 0. The van der Waals surface area contributed by atoms with Gasteiger partial charge in [-0.3, -0.25) is 9.69 Å². The van der Waals surface area contributed by atoms with E-state index in [0.717, 1.165) is 11.1 Å². The summed E-state index contributed by atoms with van der Waals surface area (Å²) in [5.74, 6) is -0.110. The highest BCUT2D eigenvalue weighted by atomic mass is 19.1. The molecule has 5 nitrogen and oxygen atoms in total. The largest absolute Gasteiger partial charge is 0.394 e. The predicted molar refractivity (Wildman–Crippen MR) is 117 cm³/mol. The molecule has 4 atom stereocenters. The number of rotatable bonds is 8. The minimum atomic E-state index is -0.659. The van der Waals surface area contributed by atoms with Gasteiger partial charge in [-0.05, 0) is 42.0 Å². The van der Waals surface area contributed by atoms with E-state index in [0.29, 0.717) is 37.1 Å². The van der Waals surface area contributed by atoms with Crippen LogP contribution in [0.1, 0.15) is 48.1 Å². The molecule has 32 heavy (non-hydrogen) atoms. The number of carbonyl (C=O) groups excluding carboxylic acids is 1. The number of piperidine rings is 1. The lowest BCUT2D eigenvalue weighted by molar-refractivity contribution is -0.146. The lowest BCUT2D eigenvalue weighted by Crippen LogP contribution is -2.72. The van der Waals surface area contributed by atoms with Crippen LogP contribution < -0.4 is 5.32 Å². The molecule has 2 bridgehead atoms. The van der Waals surface area contributed by atoms with E-state index >= 15 is 0 Å². The second-order valence-corrected chi connectivity index (χ2v) is 9.04. The Bertz CT molecular complexity index is 935. The van der Waals surface area contributed by atoms with Gasteiger partial charge in [0.05, 0.1) is 36.9 Å². The zero-order valence-electron chi connectivity index (χ0n) is 18.3. The molecule has 0 saturated carbocycles. The number of hydrogen-bond acceptors (Lipinski definition) is 4. The second-order valence-electron chi connectivity index (χ2n) is 9.04. The van der Waals surface area contributed by atoms with E-state index in [1.807, 2.05) is 37.3 Å². The second kappa shape index (κ2) is 9.25. The van der Waals surface area contributed by atoms with Crippen LogP contribution in [0.15, 0.2) is 48.5 Å². The van der Waals surface area contributed by atoms with Crippen molar-refractivity contribution in [2.24, 2.45) is 0 Å². The molecule has 2 aliphatic heterocycles. The molecule has 2 fully saturated rings. The van der Waals surface area contributed by atoms with Gasteiger partial charge in [0.2, 0.25) is 5.91 Å². The Morgan fingerprint density at radius 2 is 1.81 bits per heavy atom. The van der Waals surface area contributed by atoms with Crippen LogP contribution in [0.4, 0.5) is 8.78 Å². The van der Waals surface area contributed by atoms with Crippen molar-refractivity contribution in [3.05, 3.63) is 70.8 Å². The number of halogens is 2. The molecule has 0 aliphatic carbocycles. The summed E-state index contributed by atoms with van der Waals surface area (Å²) in [7, 11) is 0. The summed E-state index contributed by atoms with van der Waals surface area (Å²) in [6, 6.07) is 14.9. The van der Waals surface area contributed by atoms with Gasteiger partial charge in [-0.25, -0.2) is 8.78 Å². The fourth-order valence-corrected chi connectivity index (χ4v) is 5.05. The number of hydrogen-bond donors (Lipinski definition) is 2. The van der Waals surface area contributed by atoms with Crippen LogP contribution in [-0.4, -0.2) is 47.8 Å². The number of fused-ring (bicyclic) bond motifs is 2. The van der Waals surface area contributed by atoms with Gasteiger partial charge < -0.3 is 15.2 Å². The fraction of sp³-hybridized carbons (Fsp3) is 0.480. The molecule has 0 aromatic heterocycles. The number of benzene rings is 2. The molecule has 172 valence electrons. The summed E-state index contributed by atoms with van der Waals surface area (Å²) < 4.78 is 32.9. The summed E-state index contributed by atoms with van der Waals surface area (Å²) in [4.78, 5) is 14.6. The highest BCUT2D eigenvalue weighted by molar-refractivity contribution is 5.80. The number of aliphatic hydroxyl groups excluding tert-OH is 1. The number of aliphatic hydroxyl groups is 1. The van der Waals surface area contributed by atoms with E-state index in [2.05, 4.69) is 10.2 Å². The van der Waals surface area contributed by atoms with Gasteiger partial charge in [0, 0.05) is 6.54 Å². The van der Waals surface area contributed by atoms with Gasteiger partial charge in [0.25, 0.3) is 0 Å². The Morgan fingerprint density at radius 3 is 2.44 bits per heavy atom. The van der Waals surface area contributed by atoms with E-state index in [-0.39, 0.29) is 25.2 Å². The number of ether oxygens (including phenoxy) is 1. The van der Waals surface area contributed by atoms with Gasteiger partial charge in [0.1, 0.15) is 13.3 Å². The Labute approximate surface area is 187 Å². The molecule has 0 radical (unpaired) electrons. The molecule has 2 aliphatic rings. The zero-order chi connectivity index (χ0) is 22.8. The Hall–Kier alpha value is -2.35. The maximum Gasteiger partial charge on any atom is 0.234 e. The third-order valence-corrected chi connectivity index (χ3v) is 6.89. The average molecular weight is 445 g/mol. The molecule has 2 heterocycles. The molecule has 7 heteroatoms. The van der Waals surface area contributed by atoms with Gasteiger partial charge in [0.15, 0.2) is 0 Å². The summed E-state index contributed by atoms with van der Waals surface area (Å²) in [5.41, 5.74) is 1.48. The van der Waals surface area contributed by atoms with Crippen LogP contribution in [0, 0.1) is 0 Å². The number of alkyl halides is 2. The van der Waals surface area contributed by atoms with Crippen molar-refractivity contribution in [3.8, 4) is 0 Å². The Morgan fingerprint density at radius 1 is 1.12 bits per heavy atom. The molecule has 2 saturated heterocycles. The summed E-state index contributed by atoms with van der Waals surface area (Å²) in [6.07, 6.45) is 0.947. The first kappa shape index (κ1) is 22.8. The van der Waals surface area contributed by atoms with Crippen molar-refractivity contribution >= 4 is 5.91 Å². The van der Waals surface area contributed by atoms with Gasteiger partial charge in [-0.2, -0.15) is 0 Å². The van der Waals surface area contributed by atoms with E-state index in [4.69, 9.17) is 4.74 Å². The maximum atomic E-state index is 13.3. The lowest BCUT2D eigenvalue weighted by atomic mass is 9.73. The zero-order valence-corrected chi connectivity index (χ0v) is 18.3. The number of nitrogens with zero attached hydrogens (tertiary/aromatic N) is 1. The topological polar surface area (TPSA) is 61.8 Å². The van der Waals surface area contributed by atoms with E-state index < -0.39 is 24.4 Å². The smallest absolute Gasteiger partial charge is 0.234 e. The molecule has 2 N–H and O–H groups in total. The molecule has 1 unspecified atom stereocenters. The number of piperazine rings is 1. The van der Waals surface area contributed by atoms with Crippen molar-refractivity contribution in [3.63, 3.8) is 0 Å². The van der Waals surface area contributed by atoms with Crippen LogP contribution in [-0.2, 0) is 28.4 Å². The fourth-order valence-electron chi connectivity index (χ4n) is 5.05. The molecule has 2 aromatic carbocycles. The Balaban J connectivity index is 1.63. The SMILES string of the molecule is C[C@@H](OC[C@@]1(c2ccccc2)CC[C@]2(CO)CN1CC(=O)N2)c1cc(CF)cc(CF)c1. The van der Waals surface area contributed by atoms with Crippen molar-refractivity contribution in [1.29, 1.82) is 0 Å². The maximum absolute atomic E-state index is 13.3. The normalized spacial score (nSPS) is 28.2. The predicted octanol–water partition coefficient (Wildman–Crippen LogP) is 3.56. The first-order valence-corrected chi connectivity index (χ1v) is 11.0. The monoisotopic (exact) mass is 444 g/mol. The van der Waals surface area contributed by atoms with Crippen LogP contribution in [0.3, 0.4) is 0 Å². The standard InChI is InChI=1S/C25H30F2N2O3/c1-18(21-10-19(12-26)9-20(11-21)13-27)32-17-25(22-5-3-2-4-6-22)8-7-24(16-30)15-29(25)14-23(31)28-24/h2-6,9-11,18,30H,7-8,12-17H2,1H3,(H,28,31)/t18-,24-,25-/m1/s1. The molecule has 0 spiro atoms. The molecular weight excluding hydrogens is 414 g/mol. The highest BCUT2D eigenvalue weighted by Gasteiger charge is 2.52. The molecule has 1 amide bonds. The molecular formula is C25H30F2N2O3. The van der Waals surface area contributed by atoms with Crippen molar-refractivity contribution in [2.75, 3.05) is 26.3 Å². The summed E-state index contributed by atoms with van der Waals surface area (Å²) in [5, 5.41) is 13.0. The van der Waals surface area contributed by atoms with Gasteiger partial charge >= 0.3 is 0 Å². The first-order chi connectivity index (χ1) is 15.4. The van der Waals surface area contributed by atoms with Crippen LogP contribution in [0.25, 0.3) is 0 Å². The van der Waals surface area contributed by atoms with Gasteiger partial charge in [-0.15, -0.1) is 0 Å². The highest BCUT2D eigenvalue weighted by Crippen LogP contribution is 2.43. The third kappa shape index (κ3) is 4.29. The summed E-state index contributed by atoms with van der Waals surface area (Å²) in [6.45, 7) is 1.52. The average Bonchev–Trinajstić information content (AvgIpc) is 2.83.